The molecule has 1 N–H and O–H groups in total. The summed E-state index contributed by atoms with van der Waals surface area (Å²) in [5.41, 5.74) is 0. The highest BCUT2D eigenvalue weighted by Gasteiger charge is 2.21. The van der Waals surface area contributed by atoms with Gasteiger partial charge in [0.1, 0.15) is 12.4 Å². The maximum Gasteiger partial charge on any atom is 0.303 e. The van der Waals surface area contributed by atoms with Crippen LogP contribution in [0.2, 0.25) is 0 Å². The van der Waals surface area contributed by atoms with E-state index in [4.69, 9.17) is 14.6 Å². The second-order valence-corrected chi connectivity index (χ2v) is 6.96. The molecular formula is C15H23NO6S. The molecule has 8 heteroatoms. The maximum absolute atomic E-state index is 12.3. The molecule has 0 atom stereocenters. The van der Waals surface area contributed by atoms with Crippen molar-refractivity contribution in [2.24, 2.45) is 0 Å². The molecule has 0 amide bonds. The van der Waals surface area contributed by atoms with E-state index in [0.717, 1.165) is 0 Å². The van der Waals surface area contributed by atoms with E-state index >= 15 is 0 Å². The smallest absolute Gasteiger partial charge is 0.303 e. The minimum absolute atomic E-state index is 0.0736. The summed E-state index contributed by atoms with van der Waals surface area (Å²) in [5.74, 6) is -0.422. The van der Waals surface area contributed by atoms with Crippen LogP contribution >= 0.6 is 0 Å². The number of nitrogens with zero attached hydrogens (tertiary/aromatic N) is 1. The number of hydrogen-bond acceptors (Lipinski definition) is 5. The number of carbonyl (C=O) groups is 1. The molecule has 0 spiro atoms. The molecule has 0 fully saturated rings. The number of carboxylic acids is 1. The zero-order valence-corrected chi connectivity index (χ0v) is 14.0. The fourth-order valence-electron chi connectivity index (χ4n) is 1.90. The molecule has 0 heterocycles. The van der Waals surface area contributed by atoms with Crippen molar-refractivity contribution in [2.75, 3.05) is 39.2 Å². The van der Waals surface area contributed by atoms with Gasteiger partial charge in [-0.05, 0) is 18.6 Å². The average Bonchev–Trinajstić information content (AvgIpc) is 2.52. The molecule has 0 aromatic heterocycles. The van der Waals surface area contributed by atoms with Gasteiger partial charge in [0.15, 0.2) is 0 Å². The number of ether oxygens (including phenoxy) is 2. The summed E-state index contributed by atoms with van der Waals surface area (Å²) in [4.78, 5) is 10.6. The quantitative estimate of drug-likeness (QED) is 0.612. The summed E-state index contributed by atoms with van der Waals surface area (Å²) in [7, 11) is -2.07. The van der Waals surface area contributed by atoms with Gasteiger partial charge in [-0.15, -0.1) is 0 Å². The lowest BCUT2D eigenvalue weighted by Gasteiger charge is -2.22. The highest BCUT2D eigenvalue weighted by molar-refractivity contribution is 7.89. The topological polar surface area (TPSA) is 93.1 Å². The van der Waals surface area contributed by atoms with Crippen molar-refractivity contribution in [1.29, 1.82) is 0 Å². The van der Waals surface area contributed by atoms with Gasteiger partial charge >= 0.3 is 5.97 Å². The number of aliphatic carboxylic acids is 1. The highest BCUT2D eigenvalue weighted by Crippen LogP contribution is 2.10. The summed E-state index contributed by atoms with van der Waals surface area (Å²) in [6.45, 7) is 0.609. The first kappa shape index (κ1) is 19.4. The second-order valence-electron chi connectivity index (χ2n) is 4.87. The Kier molecular flexibility index (Phi) is 8.60. The van der Waals surface area contributed by atoms with E-state index in [1.807, 2.05) is 18.2 Å². The molecule has 7 nitrogen and oxygen atoms in total. The Hall–Kier alpha value is -1.64. The molecule has 0 aliphatic heterocycles. The summed E-state index contributed by atoms with van der Waals surface area (Å²) in [5, 5.41) is 8.68. The third kappa shape index (κ3) is 7.96. The van der Waals surface area contributed by atoms with Gasteiger partial charge in [-0.2, -0.15) is 4.31 Å². The lowest BCUT2D eigenvalue weighted by molar-refractivity contribution is -0.137. The first-order valence-corrected chi connectivity index (χ1v) is 8.93. The minimum atomic E-state index is -3.50. The molecule has 0 saturated heterocycles. The van der Waals surface area contributed by atoms with E-state index < -0.39 is 16.0 Å². The average molecular weight is 345 g/mol. The van der Waals surface area contributed by atoms with Gasteiger partial charge in [-0.3, -0.25) is 4.79 Å². The van der Waals surface area contributed by atoms with Gasteiger partial charge < -0.3 is 14.6 Å². The molecule has 0 radical (unpaired) electrons. The van der Waals surface area contributed by atoms with Gasteiger partial charge in [0.05, 0.1) is 12.4 Å². The third-order valence-corrected chi connectivity index (χ3v) is 4.92. The predicted octanol–water partition coefficient (Wildman–Crippen LogP) is 1.21. The summed E-state index contributed by atoms with van der Waals surface area (Å²) >= 11 is 0. The second kappa shape index (κ2) is 10.2. The fourth-order valence-corrected chi connectivity index (χ4v) is 3.29. The molecule has 23 heavy (non-hydrogen) atoms. The maximum atomic E-state index is 12.3. The molecule has 0 aliphatic rings. The van der Waals surface area contributed by atoms with Crippen molar-refractivity contribution in [3.05, 3.63) is 30.3 Å². The zero-order chi connectivity index (χ0) is 17.1. The van der Waals surface area contributed by atoms with Crippen LogP contribution in [0.3, 0.4) is 0 Å². The molecule has 0 bridgehead atoms. The molecule has 1 aromatic carbocycles. The van der Waals surface area contributed by atoms with Crippen LogP contribution in [0.5, 0.6) is 5.75 Å². The Morgan fingerprint density at radius 2 is 1.87 bits per heavy atom. The van der Waals surface area contributed by atoms with Gasteiger partial charge in [0.2, 0.25) is 10.0 Å². The lowest BCUT2D eigenvalue weighted by Crippen LogP contribution is -2.38. The number of rotatable bonds is 12. The molecule has 130 valence electrons. The Morgan fingerprint density at radius 3 is 2.48 bits per heavy atom. The van der Waals surface area contributed by atoms with Crippen molar-refractivity contribution in [3.63, 3.8) is 0 Å². The van der Waals surface area contributed by atoms with Crippen molar-refractivity contribution in [1.82, 2.24) is 4.31 Å². The van der Waals surface area contributed by atoms with Crippen LogP contribution in [0.1, 0.15) is 12.8 Å². The van der Waals surface area contributed by atoms with E-state index in [2.05, 4.69) is 0 Å². The Bertz CT molecular complexity index is 561. The van der Waals surface area contributed by atoms with Gasteiger partial charge in [0.25, 0.3) is 0 Å². The fraction of sp³-hybridized carbons (Fsp3) is 0.533. The standard InChI is InChI=1S/C15H23NO6S/c1-21-12-13-23(19,20)16(9-5-8-15(17)18)10-11-22-14-6-3-2-4-7-14/h2-4,6-7H,5,8-13H2,1H3,(H,17,18). The number of methoxy groups -OCH3 is 1. The first-order valence-electron chi connectivity index (χ1n) is 7.32. The molecule has 0 saturated carbocycles. The van der Waals surface area contributed by atoms with E-state index in [-0.39, 0.29) is 44.9 Å². The van der Waals surface area contributed by atoms with Crippen molar-refractivity contribution in [2.45, 2.75) is 12.8 Å². The Balaban J connectivity index is 2.57. The normalized spacial score (nSPS) is 11.6. The van der Waals surface area contributed by atoms with Crippen LogP contribution in [0, 0.1) is 0 Å². The van der Waals surface area contributed by atoms with Crippen LogP contribution in [0.25, 0.3) is 0 Å². The van der Waals surface area contributed by atoms with E-state index in [1.54, 1.807) is 12.1 Å². The summed E-state index contributed by atoms with van der Waals surface area (Å²) in [6.07, 6.45) is 0.183. The van der Waals surface area contributed by atoms with Crippen molar-refractivity contribution < 1.29 is 27.8 Å². The van der Waals surface area contributed by atoms with E-state index in [1.165, 1.54) is 11.4 Å². The zero-order valence-electron chi connectivity index (χ0n) is 13.2. The largest absolute Gasteiger partial charge is 0.492 e. The Labute approximate surface area is 136 Å². The lowest BCUT2D eigenvalue weighted by atomic mass is 10.3. The molecule has 1 rings (SSSR count). The number of para-hydroxylation sites is 1. The van der Waals surface area contributed by atoms with Crippen LogP contribution in [0.15, 0.2) is 30.3 Å². The van der Waals surface area contributed by atoms with Crippen LogP contribution in [0.4, 0.5) is 0 Å². The van der Waals surface area contributed by atoms with E-state index in [0.29, 0.717) is 5.75 Å². The van der Waals surface area contributed by atoms with Crippen molar-refractivity contribution >= 4 is 16.0 Å². The Morgan fingerprint density at radius 1 is 1.17 bits per heavy atom. The molecule has 0 unspecified atom stereocenters. The number of carboxylic acid groups (broad SMARTS) is 1. The van der Waals surface area contributed by atoms with Gasteiger partial charge in [-0.25, -0.2) is 8.42 Å². The monoisotopic (exact) mass is 345 g/mol. The van der Waals surface area contributed by atoms with Crippen LogP contribution in [-0.4, -0.2) is 63.0 Å². The molecular weight excluding hydrogens is 322 g/mol. The van der Waals surface area contributed by atoms with Crippen LogP contribution in [-0.2, 0) is 19.6 Å². The SMILES string of the molecule is COCCS(=O)(=O)N(CCCC(=O)O)CCOc1ccccc1. The number of hydrogen-bond donors (Lipinski definition) is 1. The molecule has 0 aliphatic carbocycles. The van der Waals surface area contributed by atoms with Gasteiger partial charge in [0, 0.05) is 26.6 Å². The van der Waals surface area contributed by atoms with Crippen molar-refractivity contribution in [3.8, 4) is 5.75 Å². The van der Waals surface area contributed by atoms with E-state index in [9.17, 15) is 13.2 Å². The number of sulfonamides is 1. The summed E-state index contributed by atoms with van der Waals surface area (Å²) < 4.78 is 36.1. The summed E-state index contributed by atoms with van der Waals surface area (Å²) in [6, 6.07) is 9.09. The molecule has 1 aromatic rings. The van der Waals surface area contributed by atoms with Gasteiger partial charge in [-0.1, -0.05) is 18.2 Å². The highest BCUT2D eigenvalue weighted by atomic mass is 32.2. The van der Waals surface area contributed by atoms with Crippen LogP contribution < -0.4 is 4.74 Å². The minimum Gasteiger partial charge on any atom is -0.492 e. The predicted molar refractivity (Wildman–Crippen MR) is 86.0 cm³/mol. The third-order valence-electron chi connectivity index (χ3n) is 3.09. The number of benzene rings is 1. The first-order chi connectivity index (χ1) is 11.0.